The highest BCUT2D eigenvalue weighted by molar-refractivity contribution is 7.80. The van der Waals surface area contributed by atoms with Crippen LogP contribution in [0.2, 0.25) is 0 Å². The molecule has 2 atom stereocenters. The van der Waals surface area contributed by atoms with E-state index in [1.807, 2.05) is 0 Å². The molecule has 0 aliphatic heterocycles. The van der Waals surface area contributed by atoms with Gasteiger partial charge in [-0.3, -0.25) is 4.52 Å². The Labute approximate surface area is 112 Å². The molecule has 0 saturated carbocycles. The van der Waals surface area contributed by atoms with E-state index in [4.69, 9.17) is 27.7 Å². The molecule has 0 bridgehead atoms. The van der Waals surface area contributed by atoms with E-state index in [0.29, 0.717) is 5.82 Å². The number of nitrogens with zero attached hydrogens (tertiary/aromatic N) is 3. The van der Waals surface area contributed by atoms with Crippen molar-refractivity contribution < 1.29 is 18.9 Å². The average Bonchev–Trinajstić information content (AvgIpc) is 2.57. The van der Waals surface area contributed by atoms with Crippen molar-refractivity contribution in [1.82, 2.24) is 9.55 Å². The van der Waals surface area contributed by atoms with Gasteiger partial charge in [0, 0.05) is 18.2 Å². The Bertz CT molecular complexity index is 487. The molecule has 0 aromatic carbocycles. The Morgan fingerprint density at radius 1 is 1.78 bits per heavy atom. The van der Waals surface area contributed by atoms with Crippen molar-refractivity contribution >= 4 is 35.6 Å². The van der Waals surface area contributed by atoms with Crippen molar-refractivity contribution in [2.75, 3.05) is 5.88 Å². The number of halogens is 2. The van der Waals surface area contributed by atoms with Crippen molar-refractivity contribution in [3.8, 4) is 0 Å². The highest BCUT2D eigenvalue weighted by Gasteiger charge is 2.27. The lowest BCUT2D eigenvalue weighted by molar-refractivity contribution is -0.392. The highest BCUT2D eigenvalue weighted by Crippen LogP contribution is 2.49. The molecule has 11 heteroatoms. The van der Waals surface area contributed by atoms with Gasteiger partial charge in [-0.05, 0) is 4.92 Å². The highest BCUT2D eigenvalue weighted by atomic mass is 35.7. The number of aryl methyl sites for hydroxylation is 1. The molecule has 0 spiro atoms. The third kappa shape index (κ3) is 4.22. The summed E-state index contributed by atoms with van der Waals surface area (Å²) in [5.41, 5.74) is 0. The van der Waals surface area contributed by atoms with E-state index >= 15 is 0 Å². The van der Waals surface area contributed by atoms with E-state index in [2.05, 4.69) is 9.51 Å². The van der Waals surface area contributed by atoms with Crippen LogP contribution in [0.1, 0.15) is 5.82 Å². The van der Waals surface area contributed by atoms with Gasteiger partial charge in [0.2, 0.25) is 0 Å². The van der Waals surface area contributed by atoms with Crippen molar-refractivity contribution in [1.29, 1.82) is 0 Å². The van der Waals surface area contributed by atoms with E-state index < -0.39 is 18.0 Å². The third-order valence-corrected chi connectivity index (χ3v) is 3.20. The first-order chi connectivity index (χ1) is 8.24. The Morgan fingerprint density at radius 3 is 2.83 bits per heavy atom. The Kier molecular flexibility index (Phi) is 5.12. The van der Waals surface area contributed by atoms with Crippen molar-refractivity contribution in [2.24, 2.45) is 0 Å². The van der Waals surface area contributed by atoms with Gasteiger partial charge in [-0.15, -0.1) is 11.6 Å². The van der Waals surface area contributed by atoms with Crippen LogP contribution in [0.15, 0.2) is 6.20 Å². The fraction of sp³-hybridized carbons (Fsp3) is 0.571. The summed E-state index contributed by atoms with van der Waals surface area (Å²) in [6.45, 7) is -2.77. The lowest BCUT2D eigenvalue weighted by atomic mass is 10.4. The van der Waals surface area contributed by atoms with E-state index in [-0.39, 0.29) is 18.2 Å². The largest absolute Gasteiger partial charge is 0.422 e. The Morgan fingerprint density at radius 2 is 2.39 bits per heavy atom. The summed E-state index contributed by atoms with van der Waals surface area (Å²) in [6, 6.07) is 0. The summed E-state index contributed by atoms with van der Waals surface area (Å²) in [6.07, 6.45) is 0.145. The number of rotatable bonds is 6. The van der Waals surface area contributed by atoms with Crippen LogP contribution >= 0.6 is 29.8 Å². The van der Waals surface area contributed by atoms with E-state index in [0.717, 1.165) is 6.20 Å². The zero-order valence-corrected chi connectivity index (χ0v) is 11.6. The van der Waals surface area contributed by atoms with Gasteiger partial charge in [-0.25, -0.2) is 14.1 Å². The number of alkyl halides is 1. The zero-order chi connectivity index (χ0) is 13.9. The van der Waals surface area contributed by atoms with Crippen molar-refractivity contribution in [3.05, 3.63) is 22.1 Å². The molecule has 1 heterocycles. The molecule has 8 nitrogen and oxygen atoms in total. The summed E-state index contributed by atoms with van der Waals surface area (Å²) in [5.74, 6) is -0.0391. The van der Waals surface area contributed by atoms with Gasteiger partial charge in [0.1, 0.15) is 18.8 Å². The fourth-order valence-corrected chi connectivity index (χ4v) is 2.42. The van der Waals surface area contributed by atoms with Crippen LogP contribution in [0.4, 0.5) is 5.82 Å². The van der Waals surface area contributed by atoms with Gasteiger partial charge in [0.25, 0.3) is 0 Å². The summed E-state index contributed by atoms with van der Waals surface area (Å²) in [5, 5.41) is 10.7. The van der Waals surface area contributed by atoms with Crippen molar-refractivity contribution in [2.45, 2.75) is 19.6 Å². The third-order valence-electron chi connectivity index (χ3n) is 2.06. The quantitative estimate of drug-likeness (QED) is 0.372. The van der Waals surface area contributed by atoms with Gasteiger partial charge < -0.3 is 15.0 Å². The second-order valence-electron chi connectivity index (χ2n) is 3.36. The smallest absolute Gasteiger partial charge is 0.358 e. The van der Waals surface area contributed by atoms with Gasteiger partial charge in [0.05, 0.1) is 5.88 Å². The van der Waals surface area contributed by atoms with E-state index in [1.165, 1.54) is 4.57 Å². The minimum atomic E-state index is -4.23. The fourth-order valence-electron chi connectivity index (χ4n) is 1.33. The summed E-state index contributed by atoms with van der Waals surface area (Å²) < 4.78 is 16.7. The average molecular weight is 318 g/mol. The maximum atomic E-state index is 10.9. The maximum absolute atomic E-state index is 10.9. The molecule has 1 unspecified atom stereocenters. The Balaban J connectivity index is 2.91. The minimum Gasteiger partial charge on any atom is -0.358 e. The van der Waals surface area contributed by atoms with Crippen LogP contribution in [0.25, 0.3) is 0 Å². The van der Waals surface area contributed by atoms with Gasteiger partial charge >= 0.3 is 12.8 Å². The molecule has 102 valence electrons. The first-order valence-corrected chi connectivity index (χ1v) is 7.69. The molecular weight excluding hydrogens is 308 g/mol. The van der Waals surface area contributed by atoms with Crippen LogP contribution < -0.4 is 0 Å². The number of hydrogen-bond donors (Lipinski definition) is 1. The minimum absolute atomic E-state index is 0.0943. The van der Waals surface area contributed by atoms with E-state index in [1.54, 1.807) is 6.92 Å². The second kappa shape index (κ2) is 5.99. The first-order valence-electron chi connectivity index (χ1n) is 4.68. The second-order valence-corrected chi connectivity index (χ2v) is 6.07. The van der Waals surface area contributed by atoms with Crippen LogP contribution in [0.3, 0.4) is 0 Å². The summed E-state index contributed by atoms with van der Waals surface area (Å²) >= 11 is 10.6. The predicted octanol–water partition coefficient (Wildman–Crippen LogP) is 2.06. The van der Waals surface area contributed by atoms with Crippen LogP contribution in [0, 0.1) is 17.0 Å². The summed E-state index contributed by atoms with van der Waals surface area (Å²) in [4.78, 5) is 22.8. The lowest BCUT2D eigenvalue weighted by Crippen LogP contribution is -2.22. The maximum Gasteiger partial charge on any atom is 0.422 e. The predicted molar refractivity (Wildman–Crippen MR) is 64.9 cm³/mol. The molecule has 0 radical (unpaired) electrons. The first kappa shape index (κ1) is 15.4. The molecule has 0 saturated heterocycles. The molecular formula is C7H10Cl2N3O5P. The molecule has 1 rings (SSSR count). The van der Waals surface area contributed by atoms with Crippen LogP contribution in [-0.4, -0.2) is 31.4 Å². The number of nitro groups is 1. The monoisotopic (exact) mass is 317 g/mol. The van der Waals surface area contributed by atoms with Gasteiger partial charge in [0.15, 0.2) is 5.82 Å². The van der Waals surface area contributed by atoms with Gasteiger partial charge in [-0.1, -0.05) is 0 Å². The summed E-state index contributed by atoms with van der Waals surface area (Å²) in [7, 11) is 0. The SMILES string of the molecule is Cc1ncc([N+](=O)[O-])n1C[C@@H](CCl)OP(=O)(O)Cl. The molecule has 18 heavy (non-hydrogen) atoms. The van der Waals surface area contributed by atoms with Gasteiger partial charge in [-0.2, -0.15) is 0 Å². The van der Waals surface area contributed by atoms with E-state index in [9.17, 15) is 14.7 Å². The Hall–Kier alpha value is -0.660. The normalized spacial score (nSPS) is 16.2. The van der Waals surface area contributed by atoms with Crippen LogP contribution in [0.5, 0.6) is 0 Å². The zero-order valence-electron chi connectivity index (χ0n) is 9.19. The number of aromatic nitrogens is 2. The lowest BCUT2D eigenvalue weighted by Gasteiger charge is -2.14. The number of hydrogen-bond acceptors (Lipinski definition) is 5. The molecule has 0 fully saturated rings. The molecule has 1 N–H and O–H groups in total. The standard InChI is InChI=1S/C7H10Cl2N3O5P/c1-5-10-3-7(12(13)14)11(5)4-6(2-8)17-18(9,15)16/h3,6H,2,4H2,1H3,(H,15,16)/t6-/m1/s1. The number of imidazole rings is 1. The molecule has 1 aromatic rings. The molecule has 0 amide bonds. The van der Waals surface area contributed by atoms with Crippen molar-refractivity contribution in [3.63, 3.8) is 0 Å². The topological polar surface area (TPSA) is 107 Å². The molecule has 1 aromatic heterocycles. The molecule has 0 aliphatic carbocycles. The molecule has 0 aliphatic rings. The van der Waals surface area contributed by atoms with Crippen LogP contribution in [-0.2, 0) is 15.6 Å².